The summed E-state index contributed by atoms with van der Waals surface area (Å²) in [5, 5.41) is 0. The third-order valence-electron chi connectivity index (χ3n) is 3.26. The highest BCUT2D eigenvalue weighted by Crippen LogP contribution is 2.20. The van der Waals surface area contributed by atoms with E-state index in [0.717, 1.165) is 0 Å². The maximum atomic E-state index is 13.1. The molecule has 0 aliphatic carbocycles. The Morgan fingerprint density at radius 3 is 2.67 bits per heavy atom. The van der Waals surface area contributed by atoms with E-state index in [0.29, 0.717) is 23.6 Å². The summed E-state index contributed by atoms with van der Waals surface area (Å²) in [4.78, 5) is 36.7. The summed E-state index contributed by atoms with van der Waals surface area (Å²) >= 11 is 0. The Balaban J connectivity index is 2.33. The van der Waals surface area contributed by atoms with Crippen molar-refractivity contribution in [3.8, 4) is 11.4 Å². The summed E-state index contributed by atoms with van der Waals surface area (Å²) in [6, 6.07) is 2.74. The van der Waals surface area contributed by atoms with Crippen LogP contribution in [0.5, 0.6) is 0 Å². The van der Waals surface area contributed by atoms with Crippen LogP contribution < -0.4 is 11.2 Å². The van der Waals surface area contributed by atoms with Crippen LogP contribution in [-0.2, 0) is 6.54 Å². The van der Waals surface area contributed by atoms with Gasteiger partial charge in [0.15, 0.2) is 5.65 Å². The molecule has 0 saturated heterocycles. The topological polar surface area (TPSA) is 96.4 Å². The predicted octanol–water partition coefficient (Wildman–Crippen LogP) is 0.942. The first kappa shape index (κ1) is 13.2. The Morgan fingerprint density at radius 2 is 2.00 bits per heavy atom. The molecule has 21 heavy (non-hydrogen) atoms. The second-order valence-corrected chi connectivity index (χ2v) is 4.55. The maximum Gasteiger partial charge on any atom is 0.330 e. The van der Waals surface area contributed by atoms with E-state index in [2.05, 4.69) is 19.9 Å². The number of fused-ring (bicyclic) bond motifs is 1. The van der Waals surface area contributed by atoms with Crippen LogP contribution in [0.15, 0.2) is 21.7 Å². The molecule has 0 unspecified atom stereocenters. The second-order valence-electron chi connectivity index (χ2n) is 4.55. The average Bonchev–Trinajstić information content (AvgIpc) is 2.84. The van der Waals surface area contributed by atoms with Crippen molar-refractivity contribution >= 4 is 11.2 Å². The maximum absolute atomic E-state index is 13.1. The zero-order chi connectivity index (χ0) is 15.1. The molecule has 2 N–H and O–H groups in total. The Morgan fingerprint density at radius 1 is 1.24 bits per heavy atom. The van der Waals surface area contributed by atoms with Crippen molar-refractivity contribution in [2.75, 3.05) is 0 Å². The van der Waals surface area contributed by atoms with E-state index < -0.39 is 17.2 Å². The molecule has 0 radical (unpaired) electrons. The summed E-state index contributed by atoms with van der Waals surface area (Å²) in [5.74, 6) is -0.219. The lowest BCUT2D eigenvalue weighted by atomic mass is 10.2. The van der Waals surface area contributed by atoms with Crippen LogP contribution in [-0.4, -0.2) is 24.5 Å². The number of pyridine rings is 1. The summed E-state index contributed by atoms with van der Waals surface area (Å²) < 4.78 is 14.4. The highest BCUT2D eigenvalue weighted by atomic mass is 19.1. The molecular weight excluding hydrogens is 277 g/mol. The summed E-state index contributed by atoms with van der Waals surface area (Å²) in [6.45, 7) is 3.79. The van der Waals surface area contributed by atoms with E-state index in [-0.39, 0.29) is 11.2 Å². The molecule has 0 spiro atoms. The Hall–Kier alpha value is -2.77. The number of hydrogen-bond donors (Lipinski definition) is 2. The second kappa shape index (κ2) is 4.65. The van der Waals surface area contributed by atoms with E-state index in [1.165, 1.54) is 16.7 Å². The first-order chi connectivity index (χ1) is 10.0. The number of aryl methyl sites for hydroxylation is 2. The van der Waals surface area contributed by atoms with Gasteiger partial charge in [0.05, 0.1) is 5.69 Å². The number of aromatic nitrogens is 5. The molecule has 0 saturated carbocycles. The van der Waals surface area contributed by atoms with Gasteiger partial charge < -0.3 is 4.98 Å². The van der Waals surface area contributed by atoms with E-state index in [1.54, 1.807) is 13.8 Å². The first-order valence-electron chi connectivity index (χ1n) is 6.37. The zero-order valence-corrected chi connectivity index (χ0v) is 11.4. The van der Waals surface area contributed by atoms with E-state index in [4.69, 9.17) is 0 Å². The van der Waals surface area contributed by atoms with Crippen LogP contribution in [0.1, 0.15) is 12.6 Å². The molecule has 0 aliphatic heterocycles. The Kier molecular flexibility index (Phi) is 2.93. The minimum atomic E-state index is -0.587. The van der Waals surface area contributed by atoms with Crippen LogP contribution in [0.2, 0.25) is 0 Å². The highest BCUT2D eigenvalue weighted by Gasteiger charge is 2.15. The lowest BCUT2D eigenvalue weighted by Gasteiger charge is -2.01. The molecule has 0 atom stereocenters. The number of hydrogen-bond acceptors (Lipinski definition) is 4. The Bertz CT molecular complexity index is 953. The quantitative estimate of drug-likeness (QED) is 0.686. The zero-order valence-electron chi connectivity index (χ0n) is 11.4. The van der Waals surface area contributed by atoms with E-state index >= 15 is 0 Å². The molecule has 3 heterocycles. The molecule has 3 rings (SSSR count). The van der Waals surface area contributed by atoms with Gasteiger partial charge in [-0.3, -0.25) is 14.3 Å². The molecule has 108 valence electrons. The molecule has 3 aromatic rings. The number of nitrogens with zero attached hydrogens (tertiary/aromatic N) is 3. The number of aromatic amines is 2. The lowest BCUT2D eigenvalue weighted by molar-refractivity contribution is 0.580. The van der Waals surface area contributed by atoms with Gasteiger partial charge in [-0.15, -0.1) is 0 Å². The van der Waals surface area contributed by atoms with Gasteiger partial charge in [-0.25, -0.2) is 14.8 Å². The fourth-order valence-electron chi connectivity index (χ4n) is 2.24. The molecule has 0 amide bonds. The number of halogens is 1. The SMILES string of the molecule is CCn1c(=O)[nH]c(=O)c2[nH]c(-c3ccc(F)nc3C)nc21. The van der Waals surface area contributed by atoms with Crippen LogP contribution in [0, 0.1) is 12.9 Å². The van der Waals surface area contributed by atoms with Gasteiger partial charge in [-0.1, -0.05) is 0 Å². The van der Waals surface area contributed by atoms with Crippen molar-refractivity contribution in [2.24, 2.45) is 0 Å². The van der Waals surface area contributed by atoms with Crippen molar-refractivity contribution in [1.82, 2.24) is 24.5 Å². The third kappa shape index (κ3) is 2.04. The van der Waals surface area contributed by atoms with Crippen molar-refractivity contribution in [2.45, 2.75) is 20.4 Å². The van der Waals surface area contributed by atoms with Gasteiger partial charge in [-0.2, -0.15) is 4.39 Å². The number of nitrogens with one attached hydrogen (secondary N) is 2. The predicted molar refractivity (Wildman–Crippen MR) is 74.6 cm³/mol. The molecule has 0 aromatic carbocycles. The molecule has 0 bridgehead atoms. The van der Waals surface area contributed by atoms with Crippen molar-refractivity contribution in [1.29, 1.82) is 0 Å². The van der Waals surface area contributed by atoms with Gasteiger partial charge in [-0.05, 0) is 26.0 Å². The van der Waals surface area contributed by atoms with Crippen LogP contribution in [0.25, 0.3) is 22.6 Å². The number of rotatable bonds is 2. The largest absolute Gasteiger partial charge is 0.332 e. The van der Waals surface area contributed by atoms with E-state index in [9.17, 15) is 14.0 Å². The fourth-order valence-corrected chi connectivity index (χ4v) is 2.24. The fraction of sp³-hybridized carbons (Fsp3) is 0.231. The molecule has 8 heteroatoms. The van der Waals surface area contributed by atoms with Gasteiger partial charge in [0.25, 0.3) is 5.56 Å². The smallest absolute Gasteiger partial charge is 0.330 e. The minimum absolute atomic E-state index is 0.204. The van der Waals surface area contributed by atoms with Gasteiger partial charge in [0, 0.05) is 12.1 Å². The average molecular weight is 289 g/mol. The molecule has 0 aliphatic rings. The van der Waals surface area contributed by atoms with Gasteiger partial charge in [0.1, 0.15) is 11.3 Å². The van der Waals surface area contributed by atoms with E-state index in [1.807, 2.05) is 0 Å². The number of imidazole rings is 1. The lowest BCUT2D eigenvalue weighted by Crippen LogP contribution is -2.29. The summed E-state index contributed by atoms with van der Waals surface area (Å²) in [5.41, 5.74) is 0.436. The molecule has 3 aromatic heterocycles. The third-order valence-corrected chi connectivity index (χ3v) is 3.26. The minimum Gasteiger partial charge on any atom is -0.332 e. The van der Waals surface area contributed by atoms with Crippen molar-refractivity contribution in [3.05, 3.63) is 44.6 Å². The summed E-state index contributed by atoms with van der Waals surface area (Å²) in [6.07, 6.45) is 0. The van der Waals surface area contributed by atoms with Crippen LogP contribution >= 0.6 is 0 Å². The normalized spacial score (nSPS) is 11.2. The van der Waals surface area contributed by atoms with Crippen molar-refractivity contribution < 1.29 is 4.39 Å². The summed E-state index contributed by atoms with van der Waals surface area (Å²) in [7, 11) is 0. The molecule has 7 nitrogen and oxygen atoms in total. The van der Waals surface area contributed by atoms with Gasteiger partial charge in [0.2, 0.25) is 5.95 Å². The Labute approximate surface area is 117 Å². The standard InChI is InChI=1S/C13H12FN5O2/c1-3-19-11-9(12(20)18-13(19)21)16-10(17-11)7-4-5-8(14)15-6(7)2/h4-5H,3H2,1-2H3,(H,16,17)(H,18,20,21). The van der Waals surface area contributed by atoms with Crippen LogP contribution in [0.4, 0.5) is 4.39 Å². The monoisotopic (exact) mass is 289 g/mol. The van der Waals surface area contributed by atoms with Gasteiger partial charge >= 0.3 is 5.69 Å². The molecular formula is C13H12FN5O2. The van der Waals surface area contributed by atoms with Crippen LogP contribution in [0.3, 0.4) is 0 Å². The molecule has 0 fully saturated rings. The highest BCUT2D eigenvalue weighted by molar-refractivity contribution is 5.75. The first-order valence-corrected chi connectivity index (χ1v) is 6.37. The van der Waals surface area contributed by atoms with Crippen molar-refractivity contribution in [3.63, 3.8) is 0 Å². The number of H-pyrrole nitrogens is 2.